The van der Waals surface area contributed by atoms with Gasteiger partial charge in [-0.05, 0) is 26.1 Å². The highest BCUT2D eigenvalue weighted by Gasteiger charge is 2.33. The monoisotopic (exact) mass is 221 g/mol. The molecule has 0 spiro atoms. The molecular weight excluding hydrogens is 198 g/mol. The largest absolute Gasteiger partial charge is 0.385 e. The zero-order chi connectivity index (χ0) is 12.2. The van der Waals surface area contributed by atoms with E-state index < -0.39 is 5.60 Å². The van der Waals surface area contributed by atoms with Crippen LogP contribution in [0.2, 0.25) is 0 Å². The Kier molecular flexibility index (Phi) is 4.51. The third-order valence-electron chi connectivity index (χ3n) is 3.27. The van der Waals surface area contributed by atoms with Crippen molar-refractivity contribution in [2.45, 2.75) is 25.9 Å². The molecule has 0 unspecified atom stereocenters. The molecule has 90 valence electrons. The molecule has 1 N–H and O–H groups in total. The SMILES string of the molecule is CC[C@@](O)(c1ccccc1)[C@@H](C)CN(C)C. The number of hydrogen-bond donors (Lipinski definition) is 1. The van der Waals surface area contributed by atoms with Crippen LogP contribution in [0.1, 0.15) is 25.8 Å². The van der Waals surface area contributed by atoms with E-state index in [2.05, 4.69) is 11.8 Å². The van der Waals surface area contributed by atoms with Gasteiger partial charge in [-0.2, -0.15) is 0 Å². The molecule has 0 aliphatic heterocycles. The molecule has 1 aromatic carbocycles. The van der Waals surface area contributed by atoms with Crippen LogP contribution >= 0.6 is 0 Å². The van der Waals surface area contributed by atoms with Crippen LogP contribution < -0.4 is 0 Å². The van der Waals surface area contributed by atoms with Gasteiger partial charge in [0.25, 0.3) is 0 Å². The first-order chi connectivity index (χ1) is 7.50. The van der Waals surface area contributed by atoms with E-state index in [4.69, 9.17) is 0 Å². The first kappa shape index (κ1) is 13.2. The molecule has 0 saturated heterocycles. The summed E-state index contributed by atoms with van der Waals surface area (Å²) in [6.07, 6.45) is 0.742. The van der Waals surface area contributed by atoms with Gasteiger partial charge in [0.2, 0.25) is 0 Å². The van der Waals surface area contributed by atoms with Crippen molar-refractivity contribution in [2.75, 3.05) is 20.6 Å². The minimum Gasteiger partial charge on any atom is -0.385 e. The lowest BCUT2D eigenvalue weighted by molar-refractivity contribution is -0.0291. The highest BCUT2D eigenvalue weighted by Crippen LogP contribution is 2.33. The maximum Gasteiger partial charge on any atom is 0.0931 e. The number of rotatable bonds is 5. The third-order valence-corrected chi connectivity index (χ3v) is 3.27. The van der Waals surface area contributed by atoms with Crippen LogP contribution in [0.15, 0.2) is 30.3 Å². The predicted molar refractivity (Wildman–Crippen MR) is 68.3 cm³/mol. The van der Waals surface area contributed by atoms with Crippen LogP contribution in [0.5, 0.6) is 0 Å². The molecule has 16 heavy (non-hydrogen) atoms. The van der Waals surface area contributed by atoms with E-state index >= 15 is 0 Å². The second-order valence-corrected chi connectivity index (χ2v) is 4.81. The average Bonchev–Trinajstić information content (AvgIpc) is 2.28. The number of benzene rings is 1. The fourth-order valence-electron chi connectivity index (χ4n) is 2.26. The van der Waals surface area contributed by atoms with E-state index in [9.17, 15) is 5.11 Å². The summed E-state index contributed by atoms with van der Waals surface area (Å²) >= 11 is 0. The van der Waals surface area contributed by atoms with E-state index in [1.165, 1.54) is 0 Å². The Hall–Kier alpha value is -0.860. The van der Waals surface area contributed by atoms with Crippen molar-refractivity contribution in [2.24, 2.45) is 5.92 Å². The van der Waals surface area contributed by atoms with Gasteiger partial charge in [0.05, 0.1) is 5.60 Å². The molecule has 1 aromatic rings. The van der Waals surface area contributed by atoms with Crippen LogP contribution in [-0.4, -0.2) is 30.6 Å². The Bertz CT molecular complexity index is 310. The smallest absolute Gasteiger partial charge is 0.0931 e. The average molecular weight is 221 g/mol. The second kappa shape index (κ2) is 5.46. The van der Waals surface area contributed by atoms with Gasteiger partial charge in [0.1, 0.15) is 0 Å². The Labute approximate surface area is 98.9 Å². The summed E-state index contributed by atoms with van der Waals surface area (Å²) in [6, 6.07) is 9.97. The molecule has 0 bridgehead atoms. The van der Waals surface area contributed by atoms with Crippen LogP contribution in [0.25, 0.3) is 0 Å². The van der Waals surface area contributed by atoms with Crippen molar-refractivity contribution in [1.82, 2.24) is 4.90 Å². The highest BCUT2D eigenvalue weighted by atomic mass is 16.3. The summed E-state index contributed by atoms with van der Waals surface area (Å²) in [7, 11) is 4.08. The first-order valence-electron chi connectivity index (χ1n) is 5.93. The molecule has 2 heteroatoms. The Morgan fingerprint density at radius 1 is 1.25 bits per heavy atom. The summed E-state index contributed by atoms with van der Waals surface area (Å²) in [6.45, 7) is 5.04. The van der Waals surface area contributed by atoms with E-state index in [1.807, 2.05) is 51.4 Å². The van der Waals surface area contributed by atoms with E-state index in [0.717, 1.165) is 18.5 Å². The van der Waals surface area contributed by atoms with Gasteiger partial charge in [0.15, 0.2) is 0 Å². The first-order valence-corrected chi connectivity index (χ1v) is 5.93. The lowest BCUT2D eigenvalue weighted by atomic mass is 9.80. The Balaban J connectivity index is 2.93. The zero-order valence-electron chi connectivity index (χ0n) is 10.8. The second-order valence-electron chi connectivity index (χ2n) is 4.81. The molecule has 0 aliphatic rings. The summed E-state index contributed by atoms with van der Waals surface area (Å²) in [5.41, 5.74) is 0.303. The van der Waals surface area contributed by atoms with Gasteiger partial charge in [0, 0.05) is 12.5 Å². The predicted octanol–water partition coefficient (Wildman–Crippen LogP) is 2.48. The van der Waals surface area contributed by atoms with Crippen LogP contribution in [-0.2, 0) is 5.60 Å². The molecule has 0 aromatic heterocycles. The molecule has 0 amide bonds. The lowest BCUT2D eigenvalue weighted by Gasteiger charge is -2.35. The lowest BCUT2D eigenvalue weighted by Crippen LogP contribution is -2.38. The molecule has 2 nitrogen and oxygen atoms in total. The van der Waals surface area contributed by atoms with Crippen molar-refractivity contribution in [3.8, 4) is 0 Å². The van der Waals surface area contributed by atoms with Gasteiger partial charge in [-0.15, -0.1) is 0 Å². The summed E-state index contributed by atoms with van der Waals surface area (Å²) in [4.78, 5) is 2.12. The fourth-order valence-corrected chi connectivity index (χ4v) is 2.26. The van der Waals surface area contributed by atoms with Gasteiger partial charge >= 0.3 is 0 Å². The van der Waals surface area contributed by atoms with Crippen molar-refractivity contribution in [3.63, 3.8) is 0 Å². The Morgan fingerprint density at radius 3 is 2.25 bits per heavy atom. The van der Waals surface area contributed by atoms with Gasteiger partial charge in [-0.1, -0.05) is 44.2 Å². The molecule has 0 aliphatic carbocycles. The van der Waals surface area contributed by atoms with Gasteiger partial charge in [-0.3, -0.25) is 0 Å². The maximum absolute atomic E-state index is 10.8. The molecule has 1 rings (SSSR count). The van der Waals surface area contributed by atoms with E-state index in [0.29, 0.717) is 0 Å². The number of aliphatic hydroxyl groups is 1. The van der Waals surface area contributed by atoms with Gasteiger partial charge in [-0.25, -0.2) is 0 Å². The standard InChI is InChI=1S/C14H23NO/c1-5-14(16,12(2)11-15(3)4)13-9-7-6-8-10-13/h6-10,12,16H,5,11H2,1-4H3/t12-,14-/m0/s1. The van der Waals surface area contributed by atoms with Crippen molar-refractivity contribution < 1.29 is 5.11 Å². The van der Waals surface area contributed by atoms with E-state index in [-0.39, 0.29) is 5.92 Å². The maximum atomic E-state index is 10.8. The van der Waals surface area contributed by atoms with Crippen LogP contribution in [0.3, 0.4) is 0 Å². The summed E-state index contributed by atoms with van der Waals surface area (Å²) in [5, 5.41) is 10.8. The fraction of sp³-hybridized carbons (Fsp3) is 0.571. The third kappa shape index (κ3) is 2.83. The van der Waals surface area contributed by atoms with E-state index in [1.54, 1.807) is 0 Å². The van der Waals surface area contributed by atoms with Crippen molar-refractivity contribution in [1.29, 1.82) is 0 Å². The minimum atomic E-state index is -0.717. The highest BCUT2D eigenvalue weighted by molar-refractivity contribution is 5.23. The topological polar surface area (TPSA) is 23.5 Å². The number of hydrogen-bond acceptors (Lipinski definition) is 2. The van der Waals surface area contributed by atoms with Crippen molar-refractivity contribution >= 4 is 0 Å². The van der Waals surface area contributed by atoms with Crippen molar-refractivity contribution in [3.05, 3.63) is 35.9 Å². The molecule has 0 radical (unpaired) electrons. The molecular formula is C14H23NO. The number of nitrogens with zero attached hydrogens (tertiary/aromatic N) is 1. The molecule has 2 atom stereocenters. The molecule has 0 fully saturated rings. The Morgan fingerprint density at radius 2 is 1.81 bits per heavy atom. The van der Waals surface area contributed by atoms with Crippen LogP contribution in [0.4, 0.5) is 0 Å². The minimum absolute atomic E-state index is 0.217. The quantitative estimate of drug-likeness (QED) is 0.825. The zero-order valence-corrected chi connectivity index (χ0v) is 10.8. The summed E-state index contributed by atoms with van der Waals surface area (Å²) < 4.78 is 0. The summed E-state index contributed by atoms with van der Waals surface area (Å²) in [5.74, 6) is 0.217. The molecule has 0 saturated carbocycles. The normalized spacial score (nSPS) is 17.1. The molecule has 0 heterocycles. The van der Waals surface area contributed by atoms with Crippen LogP contribution in [0, 0.1) is 5.92 Å². The van der Waals surface area contributed by atoms with Gasteiger partial charge < -0.3 is 10.0 Å².